The molecule has 0 atom stereocenters. The Morgan fingerprint density at radius 1 is 1.20 bits per heavy atom. The zero-order valence-electron chi connectivity index (χ0n) is 12.0. The van der Waals surface area contributed by atoms with Crippen molar-refractivity contribution in [2.75, 3.05) is 13.2 Å². The van der Waals surface area contributed by atoms with Gasteiger partial charge in [0.25, 0.3) is 0 Å². The van der Waals surface area contributed by atoms with E-state index in [0.29, 0.717) is 6.61 Å². The normalized spacial score (nSPS) is 18.0. The van der Waals surface area contributed by atoms with Gasteiger partial charge in [-0.15, -0.1) is 6.42 Å². The van der Waals surface area contributed by atoms with Gasteiger partial charge in [-0.25, -0.2) is 0 Å². The van der Waals surface area contributed by atoms with Crippen LogP contribution in [0.25, 0.3) is 0 Å². The van der Waals surface area contributed by atoms with Gasteiger partial charge in [-0.2, -0.15) is 0 Å². The Balaban J connectivity index is 1.51. The molecule has 2 saturated carbocycles. The number of ether oxygens (including phenoxy) is 1. The van der Waals surface area contributed by atoms with Crippen molar-refractivity contribution in [1.29, 1.82) is 0 Å². The lowest BCUT2D eigenvalue weighted by Crippen LogP contribution is -2.25. The standard InChI is InChI=1S/C18H23NO/c1-2-11-20-18-6-4-3-5-16(18)12-19-13-17(14-7-8-14)15-9-10-15/h1,3-6,14-15,17,19H,7-13H2. The molecule has 1 aromatic carbocycles. The van der Waals surface area contributed by atoms with Gasteiger partial charge >= 0.3 is 0 Å². The molecule has 0 bridgehead atoms. The van der Waals surface area contributed by atoms with Crippen LogP contribution >= 0.6 is 0 Å². The zero-order valence-corrected chi connectivity index (χ0v) is 12.0. The quantitative estimate of drug-likeness (QED) is 0.732. The first-order valence-corrected chi connectivity index (χ1v) is 7.73. The number of nitrogens with one attached hydrogen (secondary N) is 1. The van der Waals surface area contributed by atoms with Gasteiger partial charge in [-0.1, -0.05) is 24.1 Å². The minimum Gasteiger partial charge on any atom is -0.481 e. The van der Waals surface area contributed by atoms with E-state index >= 15 is 0 Å². The van der Waals surface area contributed by atoms with Crippen molar-refractivity contribution in [3.05, 3.63) is 29.8 Å². The Bertz CT molecular complexity index is 470. The number of terminal acetylenes is 1. The van der Waals surface area contributed by atoms with Crippen molar-refractivity contribution >= 4 is 0 Å². The van der Waals surface area contributed by atoms with Crippen LogP contribution in [0.5, 0.6) is 5.75 Å². The van der Waals surface area contributed by atoms with E-state index in [1.165, 1.54) is 31.2 Å². The molecule has 2 aliphatic carbocycles. The summed E-state index contributed by atoms with van der Waals surface area (Å²) >= 11 is 0. The summed E-state index contributed by atoms with van der Waals surface area (Å²) in [5.41, 5.74) is 1.20. The molecule has 1 N–H and O–H groups in total. The third kappa shape index (κ3) is 3.55. The summed E-state index contributed by atoms with van der Waals surface area (Å²) in [6.45, 7) is 2.36. The van der Waals surface area contributed by atoms with E-state index in [1.807, 2.05) is 12.1 Å². The molecule has 20 heavy (non-hydrogen) atoms. The lowest BCUT2D eigenvalue weighted by molar-refractivity contribution is 0.357. The van der Waals surface area contributed by atoms with Crippen molar-refractivity contribution in [2.24, 2.45) is 17.8 Å². The highest BCUT2D eigenvalue weighted by Gasteiger charge is 2.40. The SMILES string of the molecule is C#CCOc1ccccc1CNCC(C1CC1)C1CC1. The molecule has 0 unspecified atom stereocenters. The number of hydrogen-bond donors (Lipinski definition) is 1. The van der Waals surface area contributed by atoms with Crippen LogP contribution in [0.3, 0.4) is 0 Å². The lowest BCUT2D eigenvalue weighted by Gasteiger charge is -2.17. The third-order valence-corrected chi connectivity index (χ3v) is 4.43. The van der Waals surface area contributed by atoms with E-state index in [4.69, 9.17) is 11.2 Å². The topological polar surface area (TPSA) is 21.3 Å². The lowest BCUT2D eigenvalue weighted by atomic mass is 9.98. The van der Waals surface area contributed by atoms with Gasteiger partial charge < -0.3 is 10.1 Å². The van der Waals surface area contributed by atoms with Gasteiger partial charge in [-0.05, 0) is 56.0 Å². The zero-order chi connectivity index (χ0) is 13.8. The van der Waals surface area contributed by atoms with Crippen molar-refractivity contribution in [3.8, 4) is 18.1 Å². The fraction of sp³-hybridized carbons (Fsp3) is 0.556. The molecule has 106 valence electrons. The van der Waals surface area contributed by atoms with Gasteiger partial charge in [0.05, 0.1) is 0 Å². The molecule has 0 heterocycles. The summed E-state index contributed by atoms with van der Waals surface area (Å²) in [5, 5.41) is 3.63. The molecular weight excluding hydrogens is 246 g/mol. The molecule has 0 radical (unpaired) electrons. The predicted octanol–water partition coefficient (Wildman–Crippen LogP) is 3.22. The largest absolute Gasteiger partial charge is 0.481 e. The average Bonchev–Trinajstić information content (AvgIpc) is 3.36. The van der Waals surface area contributed by atoms with Crippen LogP contribution in [0.4, 0.5) is 0 Å². The first kappa shape index (κ1) is 13.5. The molecule has 2 nitrogen and oxygen atoms in total. The number of para-hydroxylation sites is 1. The Kier molecular flexibility index (Phi) is 4.28. The molecule has 3 rings (SSSR count). The maximum absolute atomic E-state index is 5.59. The van der Waals surface area contributed by atoms with Gasteiger partial charge in [0.2, 0.25) is 0 Å². The summed E-state index contributed by atoms with van der Waals surface area (Å²) < 4.78 is 5.59. The molecule has 1 aromatic rings. The van der Waals surface area contributed by atoms with Gasteiger partial charge in [0.1, 0.15) is 12.4 Å². The third-order valence-electron chi connectivity index (χ3n) is 4.43. The van der Waals surface area contributed by atoms with Crippen molar-refractivity contribution < 1.29 is 4.74 Å². The summed E-state index contributed by atoms with van der Waals surface area (Å²) in [4.78, 5) is 0. The van der Waals surface area contributed by atoms with Crippen molar-refractivity contribution in [3.63, 3.8) is 0 Å². The van der Waals surface area contributed by atoms with Crippen LogP contribution in [0.1, 0.15) is 31.2 Å². The Labute approximate surface area is 121 Å². The minimum atomic E-state index is 0.337. The second-order valence-electron chi connectivity index (χ2n) is 6.07. The van der Waals surface area contributed by atoms with E-state index in [9.17, 15) is 0 Å². The summed E-state index contributed by atoms with van der Waals surface area (Å²) in [6.07, 6.45) is 11.1. The Hall–Kier alpha value is -1.46. The second kappa shape index (κ2) is 6.33. The van der Waals surface area contributed by atoms with Crippen molar-refractivity contribution in [2.45, 2.75) is 32.2 Å². The number of benzene rings is 1. The molecule has 2 heteroatoms. The maximum Gasteiger partial charge on any atom is 0.148 e. The van der Waals surface area contributed by atoms with Gasteiger partial charge in [-0.3, -0.25) is 0 Å². The van der Waals surface area contributed by atoms with E-state index in [2.05, 4.69) is 23.4 Å². The molecular formula is C18H23NO. The van der Waals surface area contributed by atoms with Crippen molar-refractivity contribution in [1.82, 2.24) is 5.32 Å². The van der Waals surface area contributed by atoms with Crippen LogP contribution in [0.2, 0.25) is 0 Å². The van der Waals surface area contributed by atoms with Gasteiger partial charge in [0, 0.05) is 12.1 Å². The first-order chi connectivity index (χ1) is 9.88. The summed E-state index contributed by atoms with van der Waals surface area (Å²) in [6, 6.07) is 8.15. The predicted molar refractivity (Wildman–Crippen MR) is 81.4 cm³/mol. The molecule has 0 spiro atoms. The van der Waals surface area contributed by atoms with Gasteiger partial charge in [0.15, 0.2) is 0 Å². The first-order valence-electron chi connectivity index (χ1n) is 7.73. The van der Waals surface area contributed by atoms with E-state index in [1.54, 1.807) is 0 Å². The molecule has 0 amide bonds. The van der Waals surface area contributed by atoms with E-state index < -0.39 is 0 Å². The fourth-order valence-corrected chi connectivity index (χ4v) is 3.05. The van der Waals surface area contributed by atoms with Crippen LogP contribution in [-0.2, 0) is 6.54 Å². The fourth-order valence-electron chi connectivity index (χ4n) is 3.05. The Morgan fingerprint density at radius 2 is 1.90 bits per heavy atom. The molecule has 2 fully saturated rings. The maximum atomic E-state index is 5.59. The summed E-state index contributed by atoms with van der Waals surface area (Å²) in [7, 11) is 0. The molecule has 0 aliphatic heterocycles. The second-order valence-corrected chi connectivity index (χ2v) is 6.07. The van der Waals surface area contributed by atoms with Crippen LogP contribution in [0, 0.1) is 30.1 Å². The molecule has 0 aromatic heterocycles. The average molecular weight is 269 g/mol. The van der Waals surface area contributed by atoms with E-state index in [0.717, 1.165) is 36.6 Å². The summed E-state index contributed by atoms with van der Waals surface area (Å²) in [5.74, 6) is 6.35. The molecule has 2 aliphatic rings. The highest BCUT2D eigenvalue weighted by Crippen LogP contribution is 2.48. The minimum absolute atomic E-state index is 0.337. The van der Waals surface area contributed by atoms with Crippen LogP contribution in [-0.4, -0.2) is 13.2 Å². The highest BCUT2D eigenvalue weighted by atomic mass is 16.5. The van der Waals surface area contributed by atoms with Crippen LogP contribution < -0.4 is 10.1 Å². The number of rotatable bonds is 8. The smallest absolute Gasteiger partial charge is 0.148 e. The van der Waals surface area contributed by atoms with E-state index in [-0.39, 0.29) is 0 Å². The van der Waals surface area contributed by atoms with Crippen LogP contribution in [0.15, 0.2) is 24.3 Å². The Morgan fingerprint density at radius 3 is 2.55 bits per heavy atom. The molecule has 0 saturated heterocycles. The number of hydrogen-bond acceptors (Lipinski definition) is 2. The monoisotopic (exact) mass is 269 g/mol. The highest BCUT2D eigenvalue weighted by molar-refractivity contribution is 5.33.